The summed E-state index contributed by atoms with van der Waals surface area (Å²) in [6.07, 6.45) is 8.21. The van der Waals surface area contributed by atoms with Gasteiger partial charge in [-0.2, -0.15) is 0 Å². The van der Waals surface area contributed by atoms with Gasteiger partial charge in [-0.15, -0.1) is 0 Å². The van der Waals surface area contributed by atoms with Crippen LogP contribution in [-0.4, -0.2) is 62.2 Å². The molecule has 0 bridgehead atoms. The molecule has 3 aromatic rings. The van der Waals surface area contributed by atoms with E-state index in [1.165, 1.54) is 12.1 Å². The van der Waals surface area contributed by atoms with Gasteiger partial charge in [0.1, 0.15) is 11.5 Å². The van der Waals surface area contributed by atoms with Crippen LogP contribution in [0.5, 0.6) is 0 Å². The summed E-state index contributed by atoms with van der Waals surface area (Å²) in [4.78, 5) is 36.5. The third-order valence-corrected chi connectivity index (χ3v) is 5.29. The standard InChI is InChI=1S/C21H22FN5O2/c22-17-5-1-4-16(12-17)7-11-25(13-18-6-2-9-27(18)15-28)20(29)19-14-26-10-3-8-23-21(26)24-19/h1,3-5,8,10,12,14-15,18H,2,6-7,9,11,13H2. The van der Waals surface area contributed by atoms with Gasteiger partial charge in [0.05, 0.1) is 0 Å². The number of carbonyl (C=O) groups is 2. The number of rotatable bonds is 7. The molecule has 0 spiro atoms. The first-order valence-electron chi connectivity index (χ1n) is 9.68. The number of likely N-dealkylation sites (tertiary alicyclic amines) is 1. The van der Waals surface area contributed by atoms with Crippen LogP contribution in [0.2, 0.25) is 0 Å². The molecule has 0 saturated carbocycles. The molecule has 4 rings (SSSR count). The Kier molecular flexibility index (Phi) is 5.50. The van der Waals surface area contributed by atoms with Gasteiger partial charge in [-0.25, -0.2) is 14.4 Å². The average Bonchev–Trinajstić information content (AvgIpc) is 3.37. The summed E-state index contributed by atoms with van der Waals surface area (Å²) in [5.41, 5.74) is 1.12. The number of fused-ring (bicyclic) bond motifs is 1. The molecule has 2 aromatic heterocycles. The monoisotopic (exact) mass is 395 g/mol. The molecule has 1 fully saturated rings. The van der Waals surface area contributed by atoms with E-state index in [4.69, 9.17) is 0 Å². The van der Waals surface area contributed by atoms with Crippen LogP contribution in [0.25, 0.3) is 5.78 Å². The van der Waals surface area contributed by atoms with Crippen LogP contribution in [0, 0.1) is 5.82 Å². The maximum atomic E-state index is 13.5. The van der Waals surface area contributed by atoms with Crippen molar-refractivity contribution in [1.29, 1.82) is 0 Å². The summed E-state index contributed by atoms with van der Waals surface area (Å²) in [5, 5.41) is 0. The van der Waals surface area contributed by atoms with E-state index in [1.807, 2.05) is 6.07 Å². The van der Waals surface area contributed by atoms with E-state index in [0.717, 1.165) is 24.8 Å². The minimum absolute atomic E-state index is 0.0147. The van der Waals surface area contributed by atoms with E-state index >= 15 is 0 Å². The number of halogens is 1. The number of carbonyl (C=O) groups excluding carboxylic acids is 2. The summed E-state index contributed by atoms with van der Waals surface area (Å²) in [5.74, 6) is -0.0595. The first-order chi connectivity index (χ1) is 14.1. The van der Waals surface area contributed by atoms with Crippen molar-refractivity contribution < 1.29 is 14.0 Å². The first-order valence-corrected chi connectivity index (χ1v) is 9.68. The highest BCUT2D eigenvalue weighted by atomic mass is 19.1. The predicted octanol–water partition coefficient (Wildman–Crippen LogP) is 2.17. The summed E-state index contributed by atoms with van der Waals surface area (Å²) in [7, 11) is 0. The van der Waals surface area contributed by atoms with Gasteiger partial charge in [-0.05, 0) is 43.0 Å². The molecule has 1 aromatic carbocycles. The number of imidazole rings is 1. The third kappa shape index (κ3) is 4.26. The van der Waals surface area contributed by atoms with E-state index in [1.54, 1.807) is 44.9 Å². The van der Waals surface area contributed by atoms with E-state index in [-0.39, 0.29) is 17.8 Å². The summed E-state index contributed by atoms with van der Waals surface area (Å²) in [6.45, 7) is 1.54. The van der Waals surface area contributed by atoms with Gasteiger partial charge in [0.25, 0.3) is 5.91 Å². The fourth-order valence-electron chi connectivity index (χ4n) is 3.77. The van der Waals surface area contributed by atoms with Gasteiger partial charge >= 0.3 is 0 Å². The third-order valence-electron chi connectivity index (χ3n) is 5.29. The molecule has 150 valence electrons. The van der Waals surface area contributed by atoms with Crippen molar-refractivity contribution >= 4 is 18.1 Å². The van der Waals surface area contributed by atoms with Crippen molar-refractivity contribution in [3.63, 3.8) is 0 Å². The lowest BCUT2D eigenvalue weighted by Crippen LogP contribution is -2.43. The van der Waals surface area contributed by atoms with Crippen LogP contribution < -0.4 is 0 Å². The van der Waals surface area contributed by atoms with Crippen molar-refractivity contribution in [3.05, 3.63) is 66.0 Å². The Morgan fingerprint density at radius 3 is 3.03 bits per heavy atom. The fraction of sp³-hybridized carbons (Fsp3) is 0.333. The molecule has 1 unspecified atom stereocenters. The minimum atomic E-state index is -0.297. The first kappa shape index (κ1) is 19.0. The van der Waals surface area contributed by atoms with Crippen LogP contribution in [0.1, 0.15) is 28.9 Å². The van der Waals surface area contributed by atoms with Crippen LogP contribution in [0.15, 0.2) is 48.9 Å². The van der Waals surface area contributed by atoms with Crippen molar-refractivity contribution in [3.8, 4) is 0 Å². The van der Waals surface area contributed by atoms with Crippen LogP contribution in [-0.2, 0) is 11.2 Å². The van der Waals surface area contributed by atoms with Crippen LogP contribution in [0.3, 0.4) is 0 Å². The molecule has 0 N–H and O–H groups in total. The zero-order chi connectivity index (χ0) is 20.2. The topological polar surface area (TPSA) is 70.8 Å². The molecule has 0 radical (unpaired) electrons. The van der Waals surface area contributed by atoms with Crippen molar-refractivity contribution in [2.75, 3.05) is 19.6 Å². The number of amides is 2. The molecule has 1 aliphatic rings. The molecular weight excluding hydrogens is 373 g/mol. The fourth-order valence-corrected chi connectivity index (χ4v) is 3.77. The van der Waals surface area contributed by atoms with Crippen LogP contribution >= 0.6 is 0 Å². The molecule has 29 heavy (non-hydrogen) atoms. The smallest absolute Gasteiger partial charge is 0.274 e. The van der Waals surface area contributed by atoms with Gasteiger partial charge in [0.15, 0.2) is 0 Å². The Labute approximate surface area is 167 Å². The molecule has 1 saturated heterocycles. The Morgan fingerprint density at radius 2 is 2.24 bits per heavy atom. The highest BCUT2D eigenvalue weighted by Gasteiger charge is 2.28. The number of aromatic nitrogens is 3. The summed E-state index contributed by atoms with van der Waals surface area (Å²) < 4.78 is 15.2. The Hall–Kier alpha value is -3.29. The predicted molar refractivity (Wildman–Crippen MR) is 105 cm³/mol. The lowest BCUT2D eigenvalue weighted by atomic mass is 10.1. The maximum absolute atomic E-state index is 13.5. The number of hydrogen-bond donors (Lipinski definition) is 0. The maximum Gasteiger partial charge on any atom is 0.274 e. The number of hydrogen-bond acceptors (Lipinski definition) is 4. The Morgan fingerprint density at radius 1 is 1.34 bits per heavy atom. The van der Waals surface area contributed by atoms with Gasteiger partial charge in [-0.1, -0.05) is 12.1 Å². The van der Waals surface area contributed by atoms with Gasteiger partial charge in [0.2, 0.25) is 12.2 Å². The highest BCUT2D eigenvalue weighted by molar-refractivity contribution is 5.92. The number of benzene rings is 1. The molecule has 7 nitrogen and oxygen atoms in total. The highest BCUT2D eigenvalue weighted by Crippen LogP contribution is 2.18. The van der Waals surface area contributed by atoms with Gasteiger partial charge in [0, 0.05) is 44.3 Å². The zero-order valence-electron chi connectivity index (χ0n) is 15.9. The van der Waals surface area contributed by atoms with E-state index in [9.17, 15) is 14.0 Å². The largest absolute Gasteiger partial charge is 0.340 e. The summed E-state index contributed by atoms with van der Waals surface area (Å²) >= 11 is 0. The Bertz CT molecular complexity index is 988. The quantitative estimate of drug-likeness (QED) is 0.575. The van der Waals surface area contributed by atoms with E-state index < -0.39 is 0 Å². The normalized spacial score (nSPS) is 16.3. The molecule has 1 atom stereocenters. The molecule has 1 aliphatic heterocycles. The SMILES string of the molecule is O=CN1CCCC1CN(CCc1cccc(F)c1)C(=O)c1cn2cccnc2n1. The van der Waals surface area contributed by atoms with Crippen molar-refractivity contribution in [1.82, 2.24) is 24.2 Å². The average molecular weight is 395 g/mol. The number of nitrogens with zero attached hydrogens (tertiary/aromatic N) is 5. The zero-order valence-corrected chi connectivity index (χ0v) is 15.9. The van der Waals surface area contributed by atoms with Gasteiger partial charge in [-0.3, -0.25) is 14.0 Å². The van der Waals surface area contributed by atoms with Gasteiger partial charge < -0.3 is 9.80 Å². The van der Waals surface area contributed by atoms with Crippen molar-refractivity contribution in [2.24, 2.45) is 0 Å². The minimum Gasteiger partial charge on any atom is -0.340 e. The second-order valence-corrected chi connectivity index (χ2v) is 7.22. The second-order valence-electron chi connectivity index (χ2n) is 7.22. The molecule has 8 heteroatoms. The molecular formula is C21H22FN5O2. The second kappa shape index (κ2) is 8.38. The van der Waals surface area contributed by atoms with Crippen LogP contribution in [0.4, 0.5) is 4.39 Å². The molecule has 3 heterocycles. The lowest BCUT2D eigenvalue weighted by Gasteiger charge is -2.28. The Balaban J connectivity index is 1.55. The molecule has 0 aliphatic carbocycles. The van der Waals surface area contributed by atoms with E-state index in [2.05, 4.69) is 9.97 Å². The lowest BCUT2D eigenvalue weighted by molar-refractivity contribution is -0.119. The van der Waals surface area contributed by atoms with E-state index in [0.29, 0.717) is 37.5 Å². The van der Waals surface area contributed by atoms with Crippen molar-refractivity contribution in [2.45, 2.75) is 25.3 Å². The molecule has 2 amide bonds. The summed E-state index contributed by atoms with van der Waals surface area (Å²) in [6, 6.07) is 8.13.